The second-order valence-corrected chi connectivity index (χ2v) is 6.91. The lowest BCUT2D eigenvalue weighted by molar-refractivity contribution is -0.119. The van der Waals surface area contributed by atoms with E-state index in [0.717, 1.165) is 10.4 Å². The Morgan fingerprint density at radius 1 is 1.15 bits per heavy atom. The number of thiophene rings is 1. The fourth-order valence-corrected chi connectivity index (χ4v) is 3.30. The molecule has 7 heteroatoms. The van der Waals surface area contributed by atoms with Gasteiger partial charge >= 0.3 is 0 Å². The van der Waals surface area contributed by atoms with Gasteiger partial charge in [-0.15, -0.1) is 11.3 Å². The Labute approximate surface area is 160 Å². The Kier molecular flexibility index (Phi) is 5.59. The van der Waals surface area contributed by atoms with E-state index in [1.165, 1.54) is 17.5 Å². The average molecular weight is 376 g/mol. The number of rotatable bonds is 6. The first kappa shape index (κ1) is 18.3. The minimum atomic E-state index is -0.810. The number of primary amides is 1. The Morgan fingerprint density at radius 2 is 1.93 bits per heavy atom. The van der Waals surface area contributed by atoms with E-state index in [1.54, 1.807) is 18.2 Å². The monoisotopic (exact) mass is 376 g/mol. The number of nitriles is 1. The Hall–Kier alpha value is -3.50. The number of aromatic nitrogens is 1. The van der Waals surface area contributed by atoms with Gasteiger partial charge in [0.15, 0.2) is 0 Å². The number of nitrogens with one attached hydrogen (secondary N) is 1. The quantitative estimate of drug-likeness (QED) is 0.689. The lowest BCUT2D eigenvalue weighted by atomic mass is 10.1. The summed E-state index contributed by atoms with van der Waals surface area (Å²) in [5.74, 6) is -1.02. The van der Waals surface area contributed by atoms with E-state index in [2.05, 4.69) is 16.4 Å². The molecule has 0 radical (unpaired) electrons. The van der Waals surface area contributed by atoms with Crippen LogP contribution in [-0.2, 0) is 11.2 Å². The molecule has 0 aliphatic carbocycles. The van der Waals surface area contributed by atoms with Crippen LogP contribution in [0.2, 0.25) is 0 Å². The molecule has 0 bridgehead atoms. The van der Waals surface area contributed by atoms with Crippen molar-refractivity contribution in [3.05, 3.63) is 76.8 Å². The first-order valence-corrected chi connectivity index (χ1v) is 8.99. The topological polar surface area (TPSA) is 109 Å². The predicted octanol–water partition coefficient (Wildman–Crippen LogP) is 2.51. The molecule has 0 aliphatic rings. The molecule has 2 amide bonds. The summed E-state index contributed by atoms with van der Waals surface area (Å²) in [5.41, 5.74) is 7.34. The van der Waals surface area contributed by atoms with Gasteiger partial charge < -0.3 is 11.1 Å². The molecule has 0 saturated heterocycles. The molecule has 3 N–H and O–H groups in total. The van der Waals surface area contributed by atoms with Crippen molar-refractivity contribution in [3.8, 4) is 16.6 Å². The van der Waals surface area contributed by atoms with Crippen molar-refractivity contribution in [2.75, 3.05) is 0 Å². The third-order valence-electron chi connectivity index (χ3n) is 3.93. The molecule has 0 fully saturated rings. The van der Waals surface area contributed by atoms with Crippen molar-refractivity contribution >= 4 is 23.2 Å². The van der Waals surface area contributed by atoms with Gasteiger partial charge in [0.25, 0.3) is 5.91 Å². The van der Waals surface area contributed by atoms with Gasteiger partial charge in [-0.05, 0) is 29.8 Å². The number of hydrogen-bond acceptors (Lipinski definition) is 5. The predicted molar refractivity (Wildman–Crippen MR) is 103 cm³/mol. The molecule has 3 aromatic rings. The van der Waals surface area contributed by atoms with E-state index in [9.17, 15) is 9.59 Å². The summed E-state index contributed by atoms with van der Waals surface area (Å²) in [5, 5.41) is 11.6. The van der Waals surface area contributed by atoms with Crippen LogP contribution >= 0.6 is 11.3 Å². The Morgan fingerprint density at radius 3 is 2.52 bits per heavy atom. The summed E-state index contributed by atoms with van der Waals surface area (Å²) in [6.45, 7) is 0. The highest BCUT2D eigenvalue weighted by molar-refractivity contribution is 7.15. The summed E-state index contributed by atoms with van der Waals surface area (Å²) < 4.78 is 0. The zero-order valence-corrected chi connectivity index (χ0v) is 15.1. The van der Waals surface area contributed by atoms with Crippen LogP contribution in [0.5, 0.6) is 0 Å². The number of nitrogens with two attached hydrogens (primary N) is 1. The summed E-state index contributed by atoms with van der Waals surface area (Å²) >= 11 is 1.33. The second kappa shape index (κ2) is 8.25. The number of hydrogen-bond donors (Lipinski definition) is 2. The van der Waals surface area contributed by atoms with E-state index >= 15 is 0 Å². The van der Waals surface area contributed by atoms with E-state index < -0.39 is 17.9 Å². The first-order chi connectivity index (χ1) is 13.1. The SMILES string of the molecule is N#Cc1ccc(-c2ccc(C(=O)N[C@@H](Cc3ccccc3)C(N)=O)cn2)s1. The van der Waals surface area contributed by atoms with Crippen LogP contribution < -0.4 is 11.1 Å². The summed E-state index contributed by atoms with van der Waals surface area (Å²) in [6, 6.07) is 17.5. The van der Waals surface area contributed by atoms with Gasteiger partial charge in [-0.2, -0.15) is 5.26 Å². The molecular weight excluding hydrogens is 360 g/mol. The Bertz CT molecular complexity index is 991. The van der Waals surface area contributed by atoms with Crippen LogP contribution in [0.3, 0.4) is 0 Å². The molecule has 2 aromatic heterocycles. The second-order valence-electron chi connectivity index (χ2n) is 5.83. The molecule has 0 saturated carbocycles. The molecular formula is C20H16N4O2S. The maximum atomic E-state index is 12.4. The molecule has 0 aliphatic heterocycles. The third-order valence-corrected chi connectivity index (χ3v) is 4.94. The van der Waals surface area contributed by atoms with E-state index in [4.69, 9.17) is 11.0 Å². The van der Waals surface area contributed by atoms with E-state index in [0.29, 0.717) is 22.6 Å². The van der Waals surface area contributed by atoms with Gasteiger partial charge in [0.1, 0.15) is 17.0 Å². The molecule has 134 valence electrons. The van der Waals surface area contributed by atoms with Gasteiger partial charge in [-0.25, -0.2) is 0 Å². The number of carbonyl (C=O) groups excluding carboxylic acids is 2. The lowest BCUT2D eigenvalue weighted by Crippen LogP contribution is -2.45. The van der Waals surface area contributed by atoms with Crippen LogP contribution in [0.1, 0.15) is 20.8 Å². The summed E-state index contributed by atoms with van der Waals surface area (Å²) in [4.78, 5) is 29.9. The molecule has 0 spiro atoms. The van der Waals surface area contributed by atoms with E-state index in [1.807, 2.05) is 36.4 Å². The fraction of sp³-hybridized carbons (Fsp3) is 0.100. The van der Waals surface area contributed by atoms with Gasteiger partial charge in [-0.1, -0.05) is 30.3 Å². The smallest absolute Gasteiger partial charge is 0.253 e. The Balaban J connectivity index is 1.70. The minimum Gasteiger partial charge on any atom is -0.368 e. The number of nitrogens with zero attached hydrogens (tertiary/aromatic N) is 2. The van der Waals surface area contributed by atoms with E-state index in [-0.39, 0.29) is 0 Å². The number of benzene rings is 1. The van der Waals surface area contributed by atoms with Crippen LogP contribution in [0.15, 0.2) is 60.8 Å². The van der Waals surface area contributed by atoms with Crippen molar-refractivity contribution in [1.82, 2.24) is 10.3 Å². The normalized spacial score (nSPS) is 11.4. The van der Waals surface area contributed by atoms with Crippen molar-refractivity contribution in [2.24, 2.45) is 5.73 Å². The number of carbonyl (C=O) groups is 2. The maximum absolute atomic E-state index is 12.4. The largest absolute Gasteiger partial charge is 0.368 e. The zero-order valence-electron chi connectivity index (χ0n) is 14.3. The minimum absolute atomic E-state index is 0.319. The van der Waals surface area contributed by atoms with Crippen LogP contribution in [-0.4, -0.2) is 22.8 Å². The number of pyridine rings is 1. The van der Waals surface area contributed by atoms with Crippen LogP contribution in [0.4, 0.5) is 0 Å². The summed E-state index contributed by atoms with van der Waals surface area (Å²) in [7, 11) is 0. The van der Waals surface area contributed by atoms with Crippen LogP contribution in [0.25, 0.3) is 10.6 Å². The third kappa shape index (κ3) is 4.57. The van der Waals surface area contributed by atoms with Gasteiger partial charge in [0, 0.05) is 12.6 Å². The maximum Gasteiger partial charge on any atom is 0.253 e. The van der Waals surface area contributed by atoms with Crippen molar-refractivity contribution in [2.45, 2.75) is 12.5 Å². The van der Waals surface area contributed by atoms with Crippen molar-refractivity contribution in [1.29, 1.82) is 5.26 Å². The van der Waals surface area contributed by atoms with Gasteiger partial charge in [-0.3, -0.25) is 14.6 Å². The molecule has 0 unspecified atom stereocenters. The lowest BCUT2D eigenvalue weighted by Gasteiger charge is -2.15. The highest BCUT2D eigenvalue weighted by atomic mass is 32.1. The standard InChI is InChI=1S/C20H16N4O2S/c21-11-15-7-9-18(27-15)16-8-6-14(12-23-16)20(26)24-17(19(22)25)10-13-4-2-1-3-5-13/h1-9,12,17H,10H2,(H2,22,25)(H,24,26)/t17-/m0/s1. The van der Waals surface area contributed by atoms with Gasteiger partial charge in [0.2, 0.25) is 5.91 Å². The van der Waals surface area contributed by atoms with Crippen LogP contribution in [0, 0.1) is 11.3 Å². The molecule has 2 heterocycles. The van der Waals surface area contributed by atoms with Crippen molar-refractivity contribution < 1.29 is 9.59 Å². The fourth-order valence-electron chi connectivity index (χ4n) is 2.52. The summed E-state index contributed by atoms with van der Waals surface area (Å²) in [6.07, 6.45) is 1.76. The zero-order chi connectivity index (χ0) is 19.2. The van der Waals surface area contributed by atoms with Crippen molar-refractivity contribution in [3.63, 3.8) is 0 Å². The molecule has 27 heavy (non-hydrogen) atoms. The molecule has 1 aromatic carbocycles. The first-order valence-electron chi connectivity index (χ1n) is 8.17. The highest BCUT2D eigenvalue weighted by Gasteiger charge is 2.19. The average Bonchev–Trinajstić information content (AvgIpc) is 3.17. The molecule has 6 nitrogen and oxygen atoms in total. The molecule has 1 atom stereocenters. The number of amides is 2. The highest BCUT2D eigenvalue weighted by Crippen LogP contribution is 2.26. The molecule has 3 rings (SSSR count). The van der Waals surface area contributed by atoms with Gasteiger partial charge in [0.05, 0.1) is 16.1 Å².